The number of aromatic hydroxyl groups is 1. The first kappa shape index (κ1) is 12.9. The molecule has 1 saturated heterocycles. The van der Waals surface area contributed by atoms with E-state index in [2.05, 4.69) is 25.4 Å². The van der Waals surface area contributed by atoms with Gasteiger partial charge in [0.1, 0.15) is 5.75 Å². The SMILES string of the molecule is Cc1c(O)cccc1-c1nc(N2CCCNCC2)n[nH]1. The number of phenolic OH excluding ortho intramolecular Hbond substituents is 1. The molecule has 0 unspecified atom stereocenters. The quantitative estimate of drug-likeness (QED) is 0.768. The maximum Gasteiger partial charge on any atom is 0.245 e. The number of rotatable bonds is 2. The van der Waals surface area contributed by atoms with E-state index >= 15 is 0 Å². The largest absolute Gasteiger partial charge is 0.508 e. The number of hydrogen-bond acceptors (Lipinski definition) is 5. The van der Waals surface area contributed by atoms with Crippen LogP contribution in [0.25, 0.3) is 11.4 Å². The molecular formula is C14H19N5O. The minimum absolute atomic E-state index is 0.277. The maximum atomic E-state index is 9.77. The number of H-pyrrole nitrogens is 1. The summed E-state index contributed by atoms with van der Waals surface area (Å²) in [5.74, 6) is 1.71. The lowest BCUT2D eigenvalue weighted by Crippen LogP contribution is -2.28. The Morgan fingerprint density at radius 2 is 2.15 bits per heavy atom. The minimum Gasteiger partial charge on any atom is -0.508 e. The number of aromatic amines is 1. The summed E-state index contributed by atoms with van der Waals surface area (Å²) in [5, 5.41) is 20.4. The third-order valence-corrected chi connectivity index (χ3v) is 3.66. The van der Waals surface area contributed by atoms with Crippen LogP contribution in [0, 0.1) is 6.92 Å². The average molecular weight is 273 g/mol. The zero-order valence-electron chi connectivity index (χ0n) is 11.6. The second kappa shape index (κ2) is 5.50. The summed E-state index contributed by atoms with van der Waals surface area (Å²) in [4.78, 5) is 6.75. The van der Waals surface area contributed by atoms with E-state index in [0.29, 0.717) is 5.82 Å². The van der Waals surface area contributed by atoms with E-state index in [1.807, 2.05) is 19.1 Å². The molecule has 0 atom stereocenters. The molecule has 1 fully saturated rings. The predicted molar refractivity (Wildman–Crippen MR) is 77.9 cm³/mol. The maximum absolute atomic E-state index is 9.77. The van der Waals surface area contributed by atoms with Crippen LogP contribution < -0.4 is 10.2 Å². The molecule has 1 aromatic carbocycles. The zero-order chi connectivity index (χ0) is 13.9. The van der Waals surface area contributed by atoms with Crippen molar-refractivity contribution < 1.29 is 5.11 Å². The van der Waals surface area contributed by atoms with E-state index in [1.54, 1.807) is 6.07 Å². The normalized spacial score (nSPS) is 16.1. The van der Waals surface area contributed by atoms with Gasteiger partial charge in [0.05, 0.1) is 0 Å². The van der Waals surface area contributed by atoms with Gasteiger partial charge in [-0.2, -0.15) is 4.98 Å². The fraction of sp³-hybridized carbons (Fsp3) is 0.429. The van der Waals surface area contributed by atoms with Crippen molar-refractivity contribution in [1.82, 2.24) is 20.5 Å². The van der Waals surface area contributed by atoms with Crippen molar-refractivity contribution in [1.29, 1.82) is 0 Å². The highest BCUT2D eigenvalue weighted by Crippen LogP contribution is 2.27. The Kier molecular flexibility index (Phi) is 3.56. The fourth-order valence-corrected chi connectivity index (χ4v) is 2.44. The van der Waals surface area contributed by atoms with Gasteiger partial charge in [0.15, 0.2) is 5.82 Å². The summed E-state index contributed by atoms with van der Waals surface area (Å²) in [5.41, 5.74) is 1.70. The number of hydrogen-bond donors (Lipinski definition) is 3. The molecule has 0 radical (unpaired) electrons. The Morgan fingerprint density at radius 1 is 1.25 bits per heavy atom. The van der Waals surface area contributed by atoms with Gasteiger partial charge < -0.3 is 15.3 Å². The number of aromatic nitrogens is 3. The highest BCUT2D eigenvalue weighted by Gasteiger charge is 2.16. The molecule has 20 heavy (non-hydrogen) atoms. The summed E-state index contributed by atoms with van der Waals surface area (Å²) in [6.45, 7) is 5.75. The number of anilines is 1. The molecule has 2 aromatic rings. The molecular weight excluding hydrogens is 254 g/mol. The van der Waals surface area contributed by atoms with Gasteiger partial charge in [0.25, 0.3) is 0 Å². The molecule has 0 amide bonds. The van der Waals surface area contributed by atoms with Crippen LogP contribution in [0.15, 0.2) is 18.2 Å². The van der Waals surface area contributed by atoms with Crippen molar-refractivity contribution >= 4 is 5.95 Å². The molecule has 0 spiro atoms. The van der Waals surface area contributed by atoms with E-state index in [1.165, 1.54) is 0 Å². The monoisotopic (exact) mass is 273 g/mol. The van der Waals surface area contributed by atoms with Crippen molar-refractivity contribution in [3.05, 3.63) is 23.8 Å². The van der Waals surface area contributed by atoms with Gasteiger partial charge in [-0.05, 0) is 26.0 Å². The number of nitrogens with one attached hydrogen (secondary N) is 2. The fourth-order valence-electron chi connectivity index (χ4n) is 2.44. The van der Waals surface area contributed by atoms with E-state index in [9.17, 15) is 5.11 Å². The van der Waals surface area contributed by atoms with Gasteiger partial charge in [-0.15, -0.1) is 5.10 Å². The van der Waals surface area contributed by atoms with Gasteiger partial charge in [-0.25, -0.2) is 0 Å². The Hall–Kier alpha value is -2.08. The molecule has 3 N–H and O–H groups in total. The summed E-state index contributed by atoms with van der Waals surface area (Å²) in [7, 11) is 0. The van der Waals surface area contributed by atoms with Crippen molar-refractivity contribution in [2.45, 2.75) is 13.3 Å². The van der Waals surface area contributed by atoms with Crippen molar-refractivity contribution in [2.75, 3.05) is 31.1 Å². The second-order valence-corrected chi connectivity index (χ2v) is 5.02. The van der Waals surface area contributed by atoms with Crippen molar-refractivity contribution in [2.24, 2.45) is 0 Å². The van der Waals surface area contributed by atoms with Crippen molar-refractivity contribution in [3.63, 3.8) is 0 Å². The first-order valence-electron chi connectivity index (χ1n) is 6.93. The molecule has 0 aliphatic carbocycles. The van der Waals surface area contributed by atoms with Crippen LogP contribution in [-0.2, 0) is 0 Å². The average Bonchev–Trinajstić information content (AvgIpc) is 2.77. The molecule has 3 rings (SSSR count). The molecule has 1 aliphatic heterocycles. The van der Waals surface area contributed by atoms with Crippen LogP contribution in [0.3, 0.4) is 0 Å². The first-order chi connectivity index (χ1) is 9.75. The minimum atomic E-state index is 0.277. The predicted octanol–water partition coefficient (Wildman–Crippen LogP) is 1.29. The Bertz CT molecular complexity index is 587. The van der Waals surface area contributed by atoms with E-state index in [-0.39, 0.29) is 5.75 Å². The van der Waals surface area contributed by atoms with Crippen LogP contribution in [0.1, 0.15) is 12.0 Å². The molecule has 0 bridgehead atoms. The highest BCUT2D eigenvalue weighted by molar-refractivity contribution is 5.64. The van der Waals surface area contributed by atoms with Gasteiger partial charge in [-0.3, -0.25) is 5.10 Å². The van der Waals surface area contributed by atoms with Gasteiger partial charge in [-0.1, -0.05) is 12.1 Å². The molecule has 2 heterocycles. The first-order valence-corrected chi connectivity index (χ1v) is 6.93. The molecule has 1 aliphatic rings. The topological polar surface area (TPSA) is 77.1 Å². The number of benzene rings is 1. The number of phenols is 1. The van der Waals surface area contributed by atoms with Crippen LogP contribution in [0.2, 0.25) is 0 Å². The molecule has 1 aromatic heterocycles. The van der Waals surface area contributed by atoms with Crippen LogP contribution >= 0.6 is 0 Å². The molecule has 106 valence electrons. The molecule has 6 nitrogen and oxygen atoms in total. The summed E-state index contributed by atoms with van der Waals surface area (Å²) >= 11 is 0. The third kappa shape index (κ3) is 2.46. The van der Waals surface area contributed by atoms with Crippen LogP contribution in [0.4, 0.5) is 5.95 Å². The Morgan fingerprint density at radius 3 is 3.05 bits per heavy atom. The van der Waals surface area contributed by atoms with Crippen LogP contribution in [-0.4, -0.2) is 46.5 Å². The van der Waals surface area contributed by atoms with Gasteiger partial charge in [0, 0.05) is 30.8 Å². The smallest absolute Gasteiger partial charge is 0.245 e. The molecule has 0 saturated carbocycles. The number of nitrogens with zero attached hydrogens (tertiary/aromatic N) is 3. The third-order valence-electron chi connectivity index (χ3n) is 3.66. The lowest BCUT2D eigenvalue weighted by molar-refractivity contribution is 0.471. The Balaban J connectivity index is 1.87. The standard InChI is InChI=1S/C14H19N5O/c1-10-11(4-2-5-12(10)20)13-16-14(18-17-13)19-8-3-6-15-7-9-19/h2,4-5,15,20H,3,6-9H2,1H3,(H,16,17,18). The van der Waals surface area contributed by atoms with E-state index in [4.69, 9.17) is 0 Å². The second-order valence-electron chi connectivity index (χ2n) is 5.02. The molecule has 6 heteroatoms. The summed E-state index contributed by atoms with van der Waals surface area (Å²) in [6.07, 6.45) is 1.09. The van der Waals surface area contributed by atoms with E-state index < -0.39 is 0 Å². The van der Waals surface area contributed by atoms with Crippen molar-refractivity contribution in [3.8, 4) is 17.1 Å². The van der Waals surface area contributed by atoms with Crippen LogP contribution in [0.5, 0.6) is 5.75 Å². The summed E-state index contributed by atoms with van der Waals surface area (Å²) < 4.78 is 0. The lowest BCUT2D eigenvalue weighted by Gasteiger charge is -2.16. The van der Waals surface area contributed by atoms with Gasteiger partial charge in [0.2, 0.25) is 5.95 Å². The lowest BCUT2D eigenvalue weighted by atomic mass is 10.1. The van der Waals surface area contributed by atoms with E-state index in [0.717, 1.165) is 49.7 Å². The van der Waals surface area contributed by atoms with Gasteiger partial charge >= 0.3 is 0 Å². The summed E-state index contributed by atoms with van der Waals surface area (Å²) in [6, 6.07) is 5.43. The Labute approximate surface area is 117 Å². The highest BCUT2D eigenvalue weighted by atomic mass is 16.3. The zero-order valence-corrected chi connectivity index (χ0v) is 11.6.